The molecule has 0 aromatic heterocycles. The first-order chi connectivity index (χ1) is 13.9. The minimum Gasteiger partial charge on any atom is -0.348 e. The second-order valence-electron chi connectivity index (χ2n) is 7.50. The molecule has 1 amide bonds. The van der Waals surface area contributed by atoms with Crippen LogP contribution in [0.3, 0.4) is 0 Å². The summed E-state index contributed by atoms with van der Waals surface area (Å²) >= 11 is 3.41. The normalized spacial score (nSPS) is 16.5. The standard InChI is InChI=1S/C22H27BrN2O3S/c1-17(18-12-14-19(23)15-13-18)24-22(26)16-25(20-8-4-2-5-9-20)29(27,28)21-10-6-3-7-11-21/h3,6-7,10-15,17,20H,2,4-5,8-9,16H2,1H3,(H,24,26)/t17-/m0/s1. The molecule has 0 radical (unpaired) electrons. The van der Waals surface area contributed by atoms with Gasteiger partial charge in [-0.05, 0) is 49.6 Å². The number of carbonyl (C=O) groups is 1. The van der Waals surface area contributed by atoms with Crippen molar-refractivity contribution < 1.29 is 13.2 Å². The number of benzene rings is 2. The van der Waals surface area contributed by atoms with Crippen LogP contribution in [0.25, 0.3) is 0 Å². The van der Waals surface area contributed by atoms with E-state index < -0.39 is 10.0 Å². The van der Waals surface area contributed by atoms with E-state index in [0.29, 0.717) is 0 Å². The predicted molar refractivity (Wildman–Crippen MR) is 118 cm³/mol. The topological polar surface area (TPSA) is 66.5 Å². The van der Waals surface area contributed by atoms with E-state index in [1.54, 1.807) is 30.3 Å². The van der Waals surface area contributed by atoms with Crippen molar-refractivity contribution in [1.82, 2.24) is 9.62 Å². The van der Waals surface area contributed by atoms with E-state index in [-0.39, 0.29) is 29.4 Å². The maximum atomic E-state index is 13.3. The van der Waals surface area contributed by atoms with Gasteiger partial charge in [0.2, 0.25) is 15.9 Å². The summed E-state index contributed by atoms with van der Waals surface area (Å²) in [7, 11) is -3.74. The quantitative estimate of drug-likeness (QED) is 0.629. The number of hydrogen-bond donors (Lipinski definition) is 1. The van der Waals surface area contributed by atoms with Crippen LogP contribution in [0.15, 0.2) is 64.0 Å². The van der Waals surface area contributed by atoms with Crippen LogP contribution in [-0.2, 0) is 14.8 Å². The van der Waals surface area contributed by atoms with Crippen LogP contribution in [0.4, 0.5) is 0 Å². The summed E-state index contributed by atoms with van der Waals surface area (Å²) in [4.78, 5) is 13.0. The fourth-order valence-corrected chi connectivity index (χ4v) is 5.70. The molecule has 0 heterocycles. The molecule has 1 fully saturated rings. The van der Waals surface area contributed by atoms with Gasteiger partial charge in [-0.15, -0.1) is 0 Å². The molecule has 0 spiro atoms. The first-order valence-corrected chi connectivity index (χ1v) is 12.2. The Bertz CT molecular complexity index is 911. The van der Waals surface area contributed by atoms with Crippen molar-refractivity contribution in [3.8, 4) is 0 Å². The lowest BCUT2D eigenvalue weighted by atomic mass is 9.95. The molecule has 0 unspecified atom stereocenters. The lowest BCUT2D eigenvalue weighted by Crippen LogP contribution is -2.47. The number of nitrogens with zero attached hydrogens (tertiary/aromatic N) is 1. The van der Waals surface area contributed by atoms with Crippen LogP contribution < -0.4 is 5.32 Å². The van der Waals surface area contributed by atoms with E-state index in [4.69, 9.17) is 0 Å². The molecule has 2 aromatic carbocycles. The van der Waals surface area contributed by atoms with Crippen LogP contribution >= 0.6 is 15.9 Å². The monoisotopic (exact) mass is 478 g/mol. The molecule has 0 saturated heterocycles. The van der Waals surface area contributed by atoms with E-state index in [1.165, 1.54) is 4.31 Å². The van der Waals surface area contributed by atoms with Gasteiger partial charge in [0.15, 0.2) is 0 Å². The molecule has 5 nitrogen and oxygen atoms in total. The van der Waals surface area contributed by atoms with Gasteiger partial charge < -0.3 is 5.32 Å². The highest BCUT2D eigenvalue weighted by atomic mass is 79.9. The zero-order valence-corrected chi connectivity index (χ0v) is 19.0. The Labute approximate surface area is 181 Å². The van der Waals surface area contributed by atoms with Crippen molar-refractivity contribution in [3.05, 3.63) is 64.6 Å². The van der Waals surface area contributed by atoms with Crippen LogP contribution in [0.1, 0.15) is 50.6 Å². The van der Waals surface area contributed by atoms with Gasteiger partial charge in [0.05, 0.1) is 17.5 Å². The number of halogens is 1. The van der Waals surface area contributed by atoms with Crippen molar-refractivity contribution in [2.24, 2.45) is 0 Å². The fraction of sp³-hybridized carbons (Fsp3) is 0.409. The summed E-state index contributed by atoms with van der Waals surface area (Å²) in [5.74, 6) is -0.287. The molecule has 29 heavy (non-hydrogen) atoms. The lowest BCUT2D eigenvalue weighted by Gasteiger charge is -2.33. The first-order valence-electron chi connectivity index (χ1n) is 9.99. The summed E-state index contributed by atoms with van der Waals surface area (Å²) in [5, 5.41) is 2.95. The van der Waals surface area contributed by atoms with Gasteiger partial charge >= 0.3 is 0 Å². The Hall–Kier alpha value is -1.70. The number of sulfonamides is 1. The van der Waals surface area contributed by atoms with Crippen molar-refractivity contribution >= 4 is 31.9 Å². The molecule has 0 bridgehead atoms. The van der Waals surface area contributed by atoms with Crippen molar-refractivity contribution in [3.63, 3.8) is 0 Å². The molecule has 1 aliphatic rings. The maximum absolute atomic E-state index is 13.3. The third-order valence-corrected chi connectivity index (χ3v) is 7.82. The molecule has 1 atom stereocenters. The third-order valence-electron chi connectivity index (χ3n) is 5.38. The molecular weight excluding hydrogens is 452 g/mol. The molecule has 1 N–H and O–H groups in total. The second-order valence-corrected chi connectivity index (χ2v) is 10.3. The zero-order valence-electron chi connectivity index (χ0n) is 16.6. The van der Waals surface area contributed by atoms with Crippen LogP contribution in [-0.4, -0.2) is 31.2 Å². The van der Waals surface area contributed by atoms with Crippen LogP contribution in [0, 0.1) is 0 Å². The maximum Gasteiger partial charge on any atom is 0.243 e. The van der Waals surface area contributed by atoms with Crippen molar-refractivity contribution in [2.75, 3.05) is 6.54 Å². The number of amides is 1. The molecule has 2 aromatic rings. The Kier molecular flexibility index (Phi) is 7.49. The van der Waals surface area contributed by atoms with Gasteiger partial charge in [-0.3, -0.25) is 4.79 Å². The SMILES string of the molecule is C[C@H](NC(=O)CN(C1CCCCC1)S(=O)(=O)c1ccccc1)c1ccc(Br)cc1. The van der Waals surface area contributed by atoms with Gasteiger partial charge in [0, 0.05) is 10.5 Å². The molecule has 1 aliphatic carbocycles. The van der Waals surface area contributed by atoms with E-state index in [9.17, 15) is 13.2 Å². The smallest absolute Gasteiger partial charge is 0.243 e. The van der Waals surface area contributed by atoms with Gasteiger partial charge in [-0.25, -0.2) is 8.42 Å². The summed E-state index contributed by atoms with van der Waals surface area (Å²) in [6, 6.07) is 15.8. The minimum absolute atomic E-state index is 0.136. The highest BCUT2D eigenvalue weighted by Crippen LogP contribution is 2.28. The van der Waals surface area contributed by atoms with Crippen molar-refractivity contribution in [2.45, 2.75) is 56.0 Å². The Morgan fingerprint density at radius 3 is 2.31 bits per heavy atom. The zero-order chi connectivity index (χ0) is 20.9. The van der Waals surface area contributed by atoms with E-state index in [1.807, 2.05) is 31.2 Å². The van der Waals surface area contributed by atoms with Crippen LogP contribution in [0.2, 0.25) is 0 Å². The summed E-state index contributed by atoms with van der Waals surface area (Å²) < 4.78 is 29.0. The van der Waals surface area contributed by atoms with E-state index in [2.05, 4.69) is 21.2 Å². The number of carbonyl (C=O) groups excluding carboxylic acids is 1. The van der Waals surface area contributed by atoms with Gasteiger partial charge in [-0.2, -0.15) is 4.31 Å². The summed E-state index contributed by atoms with van der Waals surface area (Å²) in [5.41, 5.74) is 0.969. The average Bonchev–Trinajstić information content (AvgIpc) is 2.73. The van der Waals surface area contributed by atoms with E-state index >= 15 is 0 Å². The van der Waals surface area contributed by atoms with Gasteiger partial charge in [0.25, 0.3) is 0 Å². The molecule has 0 aliphatic heterocycles. The summed E-state index contributed by atoms with van der Waals surface area (Å²) in [6.07, 6.45) is 4.68. The Morgan fingerprint density at radius 1 is 1.07 bits per heavy atom. The molecular formula is C22H27BrN2O3S. The van der Waals surface area contributed by atoms with Crippen molar-refractivity contribution in [1.29, 1.82) is 0 Å². The largest absolute Gasteiger partial charge is 0.348 e. The highest BCUT2D eigenvalue weighted by Gasteiger charge is 2.34. The average molecular weight is 479 g/mol. The minimum atomic E-state index is -3.74. The first kappa shape index (κ1) is 22.0. The van der Waals surface area contributed by atoms with Crippen LogP contribution in [0.5, 0.6) is 0 Å². The molecule has 156 valence electrons. The second kappa shape index (κ2) is 9.87. The molecule has 1 saturated carbocycles. The summed E-state index contributed by atoms with van der Waals surface area (Å²) in [6.45, 7) is 1.74. The fourth-order valence-electron chi connectivity index (χ4n) is 3.77. The number of nitrogens with one attached hydrogen (secondary N) is 1. The number of hydrogen-bond acceptors (Lipinski definition) is 3. The highest BCUT2D eigenvalue weighted by molar-refractivity contribution is 9.10. The predicted octanol–water partition coefficient (Wildman–Crippen LogP) is 4.65. The van der Waals surface area contributed by atoms with Gasteiger partial charge in [-0.1, -0.05) is 65.5 Å². The lowest BCUT2D eigenvalue weighted by molar-refractivity contribution is -0.122. The molecule has 3 rings (SSSR count). The number of rotatable bonds is 7. The Morgan fingerprint density at radius 2 is 1.69 bits per heavy atom. The van der Waals surface area contributed by atoms with Gasteiger partial charge in [0.1, 0.15) is 0 Å². The van der Waals surface area contributed by atoms with E-state index in [0.717, 1.165) is 42.1 Å². The molecule has 7 heteroatoms. The Balaban J connectivity index is 1.77. The third kappa shape index (κ3) is 5.68.